The zero-order valence-corrected chi connectivity index (χ0v) is 7.99. The Labute approximate surface area is 71.6 Å². The van der Waals surface area contributed by atoms with E-state index in [1.54, 1.807) is 0 Å². The lowest BCUT2D eigenvalue weighted by Gasteiger charge is -2.15. The van der Waals surface area contributed by atoms with Crippen LogP contribution in [0.15, 0.2) is 0 Å². The summed E-state index contributed by atoms with van der Waals surface area (Å²) >= 11 is 1.24. The quantitative estimate of drug-likeness (QED) is 0.666. The number of aliphatic hydroxyl groups excluding tert-OH is 1. The molecule has 0 atom stereocenters. The van der Waals surface area contributed by atoms with Crippen LogP contribution in [0.3, 0.4) is 0 Å². The van der Waals surface area contributed by atoms with Gasteiger partial charge in [0.25, 0.3) is 5.24 Å². The minimum absolute atomic E-state index is 0.00353. The average molecular weight is 177 g/mol. The third-order valence-electron chi connectivity index (χ3n) is 0.780. The summed E-state index contributed by atoms with van der Waals surface area (Å²) in [6.45, 7) is 6.24. The van der Waals surface area contributed by atoms with E-state index in [-0.39, 0.29) is 16.6 Å². The summed E-state index contributed by atoms with van der Waals surface area (Å²) in [6, 6.07) is 0. The second-order valence-corrected chi connectivity index (χ2v) is 4.95. The number of carbonyl (C=O) groups is 1. The van der Waals surface area contributed by atoms with Crippen LogP contribution in [0.5, 0.6) is 0 Å². The Morgan fingerprint density at radius 3 is 2.45 bits per heavy atom. The third kappa shape index (κ3) is 7.68. The third-order valence-corrected chi connectivity index (χ3v) is 1.72. The molecule has 0 aliphatic heterocycles. The van der Waals surface area contributed by atoms with Crippen molar-refractivity contribution in [2.24, 2.45) is 0 Å². The van der Waals surface area contributed by atoms with Gasteiger partial charge in [-0.2, -0.15) is 0 Å². The molecule has 0 spiro atoms. The molecular formula is C7H15NO2S. The van der Waals surface area contributed by atoms with Gasteiger partial charge in [-0.1, -0.05) is 32.5 Å². The Morgan fingerprint density at radius 2 is 2.09 bits per heavy atom. The van der Waals surface area contributed by atoms with Crippen molar-refractivity contribution in [3.63, 3.8) is 0 Å². The van der Waals surface area contributed by atoms with Crippen LogP contribution in [0.4, 0.5) is 4.79 Å². The van der Waals surface area contributed by atoms with E-state index >= 15 is 0 Å². The summed E-state index contributed by atoms with van der Waals surface area (Å²) in [5.41, 5.74) is 0. The van der Waals surface area contributed by atoms with Crippen LogP contribution in [-0.2, 0) is 0 Å². The van der Waals surface area contributed by atoms with Crippen molar-refractivity contribution >= 4 is 17.0 Å². The highest BCUT2D eigenvalue weighted by atomic mass is 32.2. The highest BCUT2D eigenvalue weighted by Gasteiger charge is 2.15. The fourth-order valence-corrected chi connectivity index (χ4v) is 1.20. The van der Waals surface area contributed by atoms with Crippen molar-refractivity contribution in [1.82, 2.24) is 5.32 Å². The molecule has 2 N–H and O–H groups in total. The molecule has 0 bridgehead atoms. The van der Waals surface area contributed by atoms with Crippen LogP contribution in [0.25, 0.3) is 0 Å². The van der Waals surface area contributed by atoms with E-state index < -0.39 is 0 Å². The number of amides is 1. The predicted octanol–water partition coefficient (Wildman–Crippen LogP) is 1.22. The maximum absolute atomic E-state index is 11.0. The molecule has 0 aromatic carbocycles. The minimum Gasteiger partial charge on any atom is -0.395 e. The average Bonchev–Trinajstić information content (AvgIpc) is 1.79. The first-order chi connectivity index (χ1) is 4.95. The SMILES string of the molecule is CC(C)(C)SC(=O)NCCO. The molecule has 4 heteroatoms. The molecule has 0 rings (SSSR count). The topological polar surface area (TPSA) is 49.3 Å². The van der Waals surface area contributed by atoms with Crippen molar-refractivity contribution < 1.29 is 9.90 Å². The number of carbonyl (C=O) groups excluding carboxylic acids is 1. The fourth-order valence-electron chi connectivity index (χ4n) is 0.472. The van der Waals surface area contributed by atoms with Gasteiger partial charge in [0.05, 0.1) is 6.61 Å². The van der Waals surface area contributed by atoms with E-state index in [0.29, 0.717) is 6.54 Å². The largest absolute Gasteiger partial charge is 0.395 e. The summed E-state index contributed by atoms with van der Waals surface area (Å²) in [4.78, 5) is 11.0. The van der Waals surface area contributed by atoms with E-state index in [9.17, 15) is 4.79 Å². The standard InChI is InChI=1S/C7H15NO2S/c1-7(2,3)11-6(10)8-4-5-9/h9H,4-5H2,1-3H3,(H,8,10). The van der Waals surface area contributed by atoms with Gasteiger partial charge in [0.15, 0.2) is 0 Å². The highest BCUT2D eigenvalue weighted by Crippen LogP contribution is 2.23. The van der Waals surface area contributed by atoms with Crippen LogP contribution in [0, 0.1) is 0 Å². The van der Waals surface area contributed by atoms with Crippen LogP contribution < -0.4 is 5.32 Å². The second-order valence-electron chi connectivity index (χ2n) is 3.15. The Morgan fingerprint density at radius 1 is 1.55 bits per heavy atom. The van der Waals surface area contributed by atoms with E-state index in [0.717, 1.165) is 0 Å². The summed E-state index contributed by atoms with van der Waals surface area (Å²) in [5.74, 6) is 0. The van der Waals surface area contributed by atoms with Crippen molar-refractivity contribution in [3.8, 4) is 0 Å². The van der Waals surface area contributed by atoms with E-state index in [4.69, 9.17) is 5.11 Å². The van der Waals surface area contributed by atoms with Gasteiger partial charge < -0.3 is 10.4 Å². The second kappa shape index (κ2) is 4.62. The van der Waals surface area contributed by atoms with E-state index in [2.05, 4.69) is 5.32 Å². The van der Waals surface area contributed by atoms with Crippen molar-refractivity contribution in [3.05, 3.63) is 0 Å². The van der Waals surface area contributed by atoms with E-state index in [1.165, 1.54) is 11.8 Å². The maximum Gasteiger partial charge on any atom is 0.279 e. The van der Waals surface area contributed by atoms with Crippen molar-refractivity contribution in [1.29, 1.82) is 0 Å². The molecule has 0 aliphatic carbocycles. The highest BCUT2D eigenvalue weighted by molar-refractivity contribution is 8.14. The molecule has 0 saturated carbocycles. The van der Waals surface area contributed by atoms with Gasteiger partial charge in [0, 0.05) is 11.3 Å². The fraction of sp³-hybridized carbons (Fsp3) is 0.857. The van der Waals surface area contributed by atoms with Crippen LogP contribution >= 0.6 is 11.8 Å². The zero-order chi connectivity index (χ0) is 8.91. The number of rotatable bonds is 2. The number of thioether (sulfide) groups is 1. The van der Waals surface area contributed by atoms with Gasteiger partial charge >= 0.3 is 0 Å². The molecule has 0 unspecified atom stereocenters. The first kappa shape index (κ1) is 10.8. The molecule has 66 valence electrons. The Balaban J connectivity index is 3.53. The summed E-state index contributed by atoms with van der Waals surface area (Å²) < 4.78 is -0.0560. The molecule has 0 radical (unpaired) electrons. The summed E-state index contributed by atoms with van der Waals surface area (Å²) in [5, 5.41) is 10.9. The molecule has 0 fully saturated rings. The Kier molecular flexibility index (Phi) is 4.52. The number of hydrogen-bond donors (Lipinski definition) is 2. The molecule has 11 heavy (non-hydrogen) atoms. The maximum atomic E-state index is 11.0. The molecule has 0 saturated heterocycles. The molecule has 1 amide bonds. The first-order valence-electron chi connectivity index (χ1n) is 3.53. The lowest BCUT2D eigenvalue weighted by molar-refractivity contribution is 0.252. The van der Waals surface area contributed by atoms with Crippen LogP contribution in [0.1, 0.15) is 20.8 Å². The molecular weight excluding hydrogens is 162 g/mol. The molecule has 0 aromatic rings. The summed E-state index contributed by atoms with van der Waals surface area (Å²) in [6.07, 6.45) is 0. The van der Waals surface area contributed by atoms with Gasteiger partial charge in [-0.3, -0.25) is 4.79 Å². The predicted molar refractivity (Wildman–Crippen MR) is 47.8 cm³/mol. The first-order valence-corrected chi connectivity index (χ1v) is 4.35. The summed E-state index contributed by atoms with van der Waals surface area (Å²) in [7, 11) is 0. The Hall–Kier alpha value is -0.220. The van der Waals surface area contributed by atoms with Crippen LogP contribution in [0.2, 0.25) is 0 Å². The molecule has 0 heterocycles. The molecule has 3 nitrogen and oxygen atoms in total. The number of nitrogens with one attached hydrogen (secondary N) is 1. The monoisotopic (exact) mass is 177 g/mol. The van der Waals surface area contributed by atoms with Gasteiger partial charge in [-0.25, -0.2) is 0 Å². The van der Waals surface area contributed by atoms with Gasteiger partial charge in [0.1, 0.15) is 0 Å². The molecule has 0 aromatic heterocycles. The number of hydrogen-bond acceptors (Lipinski definition) is 3. The van der Waals surface area contributed by atoms with Gasteiger partial charge in [-0.05, 0) is 0 Å². The van der Waals surface area contributed by atoms with Crippen molar-refractivity contribution in [2.45, 2.75) is 25.5 Å². The minimum atomic E-state index is -0.0773. The van der Waals surface area contributed by atoms with Gasteiger partial charge in [-0.15, -0.1) is 0 Å². The zero-order valence-electron chi connectivity index (χ0n) is 7.18. The van der Waals surface area contributed by atoms with E-state index in [1.807, 2.05) is 20.8 Å². The lowest BCUT2D eigenvalue weighted by Crippen LogP contribution is -2.26. The lowest BCUT2D eigenvalue weighted by atomic mass is 10.3. The van der Waals surface area contributed by atoms with Crippen LogP contribution in [-0.4, -0.2) is 28.2 Å². The van der Waals surface area contributed by atoms with Gasteiger partial charge in [0.2, 0.25) is 0 Å². The smallest absolute Gasteiger partial charge is 0.279 e. The number of aliphatic hydroxyl groups is 1. The molecule has 0 aliphatic rings. The van der Waals surface area contributed by atoms with Crippen molar-refractivity contribution in [2.75, 3.05) is 13.2 Å². The Bertz CT molecular complexity index is 131. The normalized spacial score (nSPS) is 11.3.